The molecular weight excluding hydrogens is 266 g/mol. The highest BCUT2D eigenvalue weighted by molar-refractivity contribution is 9.10. The van der Waals surface area contributed by atoms with Crippen molar-refractivity contribution in [1.82, 2.24) is 14.9 Å². The fourth-order valence-electron chi connectivity index (χ4n) is 2.51. The number of nitrogens with zero attached hydrogens (tertiary/aromatic N) is 2. The van der Waals surface area contributed by atoms with Crippen LogP contribution in [0.15, 0.2) is 16.7 Å². The topological polar surface area (TPSA) is 29.9 Å². The summed E-state index contributed by atoms with van der Waals surface area (Å²) in [5.41, 5.74) is 3.95. The predicted molar refractivity (Wildman–Crippen MR) is 68.4 cm³/mol. The molecule has 0 radical (unpaired) electrons. The minimum Gasteiger partial charge on any atom is -0.332 e. The molecule has 0 aliphatic carbocycles. The Balaban J connectivity index is 2.31. The number of hydrogen-bond acceptors (Lipinski definition) is 2. The maximum atomic E-state index is 4.56. The molecule has 0 saturated carbocycles. The van der Waals surface area contributed by atoms with Gasteiger partial charge in [0.2, 0.25) is 0 Å². The molecule has 3 nitrogen and oxygen atoms in total. The van der Waals surface area contributed by atoms with Crippen molar-refractivity contribution < 1.29 is 0 Å². The van der Waals surface area contributed by atoms with Crippen LogP contribution >= 0.6 is 15.9 Å². The first-order chi connectivity index (χ1) is 7.77. The first-order valence-corrected chi connectivity index (χ1v) is 6.40. The van der Waals surface area contributed by atoms with Crippen molar-refractivity contribution in [3.8, 4) is 0 Å². The standard InChI is InChI=1S/C12H14BrN3/c1-16-10-3-2-6-14-7-9(10)8-4-5-11(13)15-12(8)16/h4-5,14H,2-3,6-7H2,1H3. The summed E-state index contributed by atoms with van der Waals surface area (Å²) in [6, 6.07) is 4.19. The molecule has 0 aromatic carbocycles. The largest absolute Gasteiger partial charge is 0.332 e. The molecule has 0 saturated heterocycles. The van der Waals surface area contributed by atoms with E-state index >= 15 is 0 Å². The maximum Gasteiger partial charge on any atom is 0.141 e. The van der Waals surface area contributed by atoms with Gasteiger partial charge < -0.3 is 9.88 Å². The van der Waals surface area contributed by atoms with Crippen LogP contribution in [-0.2, 0) is 20.0 Å². The highest BCUT2D eigenvalue weighted by atomic mass is 79.9. The minimum absolute atomic E-state index is 0.906. The predicted octanol–water partition coefficient (Wildman–Crippen LogP) is 2.37. The molecule has 0 amide bonds. The van der Waals surface area contributed by atoms with Gasteiger partial charge in [0.25, 0.3) is 0 Å². The van der Waals surface area contributed by atoms with Gasteiger partial charge in [-0.1, -0.05) is 0 Å². The van der Waals surface area contributed by atoms with Crippen molar-refractivity contribution in [3.63, 3.8) is 0 Å². The molecule has 16 heavy (non-hydrogen) atoms. The van der Waals surface area contributed by atoms with Crippen LogP contribution in [0.4, 0.5) is 0 Å². The van der Waals surface area contributed by atoms with E-state index in [-0.39, 0.29) is 0 Å². The molecule has 0 fully saturated rings. The van der Waals surface area contributed by atoms with E-state index in [4.69, 9.17) is 0 Å². The maximum absolute atomic E-state index is 4.56. The Morgan fingerprint density at radius 2 is 2.31 bits per heavy atom. The lowest BCUT2D eigenvalue weighted by Crippen LogP contribution is -2.11. The lowest BCUT2D eigenvalue weighted by Gasteiger charge is -2.02. The molecule has 3 rings (SSSR count). The summed E-state index contributed by atoms with van der Waals surface area (Å²) < 4.78 is 3.14. The zero-order chi connectivity index (χ0) is 11.1. The quantitative estimate of drug-likeness (QED) is 0.751. The number of aryl methyl sites for hydroxylation is 1. The fourth-order valence-corrected chi connectivity index (χ4v) is 2.81. The summed E-state index contributed by atoms with van der Waals surface area (Å²) in [5, 5.41) is 4.76. The van der Waals surface area contributed by atoms with Crippen molar-refractivity contribution in [2.45, 2.75) is 19.4 Å². The van der Waals surface area contributed by atoms with Gasteiger partial charge in [-0.15, -0.1) is 0 Å². The third kappa shape index (κ3) is 1.48. The number of nitrogens with one attached hydrogen (secondary N) is 1. The Labute approximate surface area is 103 Å². The Morgan fingerprint density at radius 1 is 1.44 bits per heavy atom. The van der Waals surface area contributed by atoms with E-state index in [2.05, 4.69) is 43.9 Å². The highest BCUT2D eigenvalue weighted by Gasteiger charge is 2.17. The zero-order valence-electron chi connectivity index (χ0n) is 9.26. The van der Waals surface area contributed by atoms with E-state index in [9.17, 15) is 0 Å². The Bertz CT molecular complexity index is 545. The summed E-state index contributed by atoms with van der Waals surface area (Å²) in [6.07, 6.45) is 2.35. The van der Waals surface area contributed by atoms with Gasteiger partial charge in [0.15, 0.2) is 0 Å². The molecule has 1 aliphatic heterocycles. The molecule has 3 heterocycles. The second-order valence-corrected chi connectivity index (χ2v) is 5.08. The molecular formula is C12H14BrN3. The molecule has 2 aromatic heterocycles. The molecule has 0 atom stereocenters. The molecule has 84 valence electrons. The second kappa shape index (κ2) is 3.86. The van der Waals surface area contributed by atoms with E-state index < -0.39 is 0 Å². The fraction of sp³-hybridized carbons (Fsp3) is 0.417. The van der Waals surface area contributed by atoms with Gasteiger partial charge in [-0.25, -0.2) is 4.98 Å². The Kier molecular flexibility index (Phi) is 2.48. The molecule has 0 spiro atoms. The van der Waals surface area contributed by atoms with Gasteiger partial charge in [-0.3, -0.25) is 0 Å². The molecule has 4 heteroatoms. The van der Waals surface area contributed by atoms with Crippen LogP contribution in [0.5, 0.6) is 0 Å². The summed E-state index contributed by atoms with van der Waals surface area (Å²) in [4.78, 5) is 4.56. The van der Waals surface area contributed by atoms with E-state index in [0.29, 0.717) is 0 Å². The number of fused-ring (bicyclic) bond motifs is 3. The number of aromatic nitrogens is 2. The van der Waals surface area contributed by atoms with Gasteiger partial charge >= 0.3 is 0 Å². The summed E-state index contributed by atoms with van der Waals surface area (Å²) in [6.45, 7) is 2.08. The van der Waals surface area contributed by atoms with E-state index in [1.807, 2.05) is 6.07 Å². The normalized spacial score (nSPS) is 16.1. The molecule has 0 bridgehead atoms. The van der Waals surface area contributed by atoms with Crippen molar-refractivity contribution in [3.05, 3.63) is 28.0 Å². The molecule has 1 aliphatic rings. The van der Waals surface area contributed by atoms with Gasteiger partial charge in [0.05, 0.1) is 0 Å². The highest BCUT2D eigenvalue weighted by Crippen LogP contribution is 2.27. The van der Waals surface area contributed by atoms with Crippen molar-refractivity contribution in [2.75, 3.05) is 6.54 Å². The van der Waals surface area contributed by atoms with Gasteiger partial charge in [-0.2, -0.15) is 0 Å². The van der Waals surface area contributed by atoms with Crippen LogP contribution in [-0.4, -0.2) is 16.1 Å². The van der Waals surface area contributed by atoms with Gasteiger partial charge in [0.1, 0.15) is 10.3 Å². The van der Waals surface area contributed by atoms with Crippen molar-refractivity contribution >= 4 is 27.0 Å². The van der Waals surface area contributed by atoms with Crippen LogP contribution in [0.2, 0.25) is 0 Å². The van der Waals surface area contributed by atoms with Crippen LogP contribution < -0.4 is 5.32 Å². The Hall–Kier alpha value is -0.870. The van der Waals surface area contributed by atoms with Crippen molar-refractivity contribution in [2.24, 2.45) is 7.05 Å². The average Bonchev–Trinajstić information content (AvgIpc) is 2.47. The van der Waals surface area contributed by atoms with Gasteiger partial charge in [-0.05, 0) is 53.0 Å². The number of hydrogen-bond donors (Lipinski definition) is 1. The summed E-state index contributed by atoms with van der Waals surface area (Å²) in [5.74, 6) is 0. The smallest absolute Gasteiger partial charge is 0.141 e. The molecule has 1 N–H and O–H groups in total. The van der Waals surface area contributed by atoms with Crippen LogP contribution in [0, 0.1) is 0 Å². The first kappa shape index (κ1) is 10.3. The van der Waals surface area contributed by atoms with Crippen molar-refractivity contribution in [1.29, 1.82) is 0 Å². The minimum atomic E-state index is 0.906. The first-order valence-electron chi connectivity index (χ1n) is 5.61. The average molecular weight is 280 g/mol. The van der Waals surface area contributed by atoms with Crippen LogP contribution in [0.1, 0.15) is 17.7 Å². The lowest BCUT2D eigenvalue weighted by atomic mass is 10.1. The van der Waals surface area contributed by atoms with Crippen LogP contribution in [0.25, 0.3) is 11.0 Å². The SMILES string of the molecule is Cn1c2c(c3ccc(Br)nc31)CNCCC2. The van der Waals surface area contributed by atoms with E-state index in [1.165, 1.54) is 23.1 Å². The number of pyridine rings is 1. The van der Waals surface area contributed by atoms with Gasteiger partial charge in [0, 0.05) is 24.7 Å². The monoisotopic (exact) mass is 279 g/mol. The number of rotatable bonds is 0. The third-order valence-electron chi connectivity index (χ3n) is 3.31. The zero-order valence-corrected chi connectivity index (χ0v) is 10.8. The number of halogens is 1. The third-order valence-corrected chi connectivity index (χ3v) is 3.75. The van der Waals surface area contributed by atoms with E-state index in [1.54, 1.807) is 0 Å². The molecule has 2 aromatic rings. The summed E-state index contributed by atoms with van der Waals surface area (Å²) in [7, 11) is 2.12. The van der Waals surface area contributed by atoms with E-state index in [0.717, 1.165) is 29.8 Å². The Morgan fingerprint density at radius 3 is 3.19 bits per heavy atom. The summed E-state index contributed by atoms with van der Waals surface area (Å²) >= 11 is 3.44. The second-order valence-electron chi connectivity index (χ2n) is 4.27. The van der Waals surface area contributed by atoms with Crippen LogP contribution in [0.3, 0.4) is 0 Å². The lowest BCUT2D eigenvalue weighted by molar-refractivity contribution is 0.676. The molecule has 0 unspecified atom stereocenters.